The fourth-order valence-electron chi connectivity index (χ4n) is 3.31. The Labute approximate surface area is 176 Å². The smallest absolute Gasteiger partial charge is 0.389 e. The van der Waals surface area contributed by atoms with Crippen molar-refractivity contribution in [3.63, 3.8) is 0 Å². The number of rotatable bonds is 10. The van der Waals surface area contributed by atoms with Gasteiger partial charge in [0.05, 0.1) is 18.7 Å². The number of unbranched alkanes of at least 4 members (excludes halogenated alkanes) is 1. The van der Waals surface area contributed by atoms with Crippen molar-refractivity contribution in [2.45, 2.75) is 50.3 Å². The van der Waals surface area contributed by atoms with Crippen molar-refractivity contribution in [3.05, 3.63) is 35.9 Å². The van der Waals surface area contributed by atoms with E-state index in [1.54, 1.807) is 24.3 Å². The number of esters is 1. The molecule has 0 aromatic heterocycles. The Kier molecular flexibility index (Phi) is 9.72. The molecule has 1 heterocycles. The maximum atomic E-state index is 12.5. The van der Waals surface area contributed by atoms with Crippen molar-refractivity contribution < 1.29 is 24.2 Å². The molecule has 0 bridgehead atoms. The first kappa shape index (κ1) is 23.8. The zero-order chi connectivity index (χ0) is 21.9. The zero-order valence-electron chi connectivity index (χ0n) is 17.4. The predicted molar refractivity (Wildman–Crippen MR) is 112 cm³/mol. The lowest BCUT2D eigenvalue weighted by Gasteiger charge is -2.27. The molecule has 2 unspecified atom stereocenters. The Morgan fingerprint density at radius 2 is 2.03 bits per heavy atom. The van der Waals surface area contributed by atoms with E-state index >= 15 is 0 Å². The fraction of sp³-hybridized carbons (Fsp3) is 0.571. The summed E-state index contributed by atoms with van der Waals surface area (Å²) in [6, 6.07) is 7.65. The molecule has 0 radical (unpaired) electrons. The first-order valence-corrected chi connectivity index (χ1v) is 10.4. The molecule has 1 fully saturated rings. The van der Waals surface area contributed by atoms with Gasteiger partial charge in [0.15, 0.2) is 0 Å². The van der Waals surface area contributed by atoms with Crippen LogP contribution in [0.15, 0.2) is 30.3 Å². The summed E-state index contributed by atoms with van der Waals surface area (Å²) in [6.45, 7) is 1.14. The van der Waals surface area contributed by atoms with E-state index in [0.29, 0.717) is 37.9 Å². The highest BCUT2D eigenvalue weighted by Gasteiger charge is 2.29. The van der Waals surface area contributed by atoms with Crippen molar-refractivity contribution in [2.24, 2.45) is 5.73 Å². The van der Waals surface area contributed by atoms with Crippen LogP contribution in [-0.4, -0.2) is 72.8 Å². The lowest BCUT2D eigenvalue weighted by atomic mass is 10.0. The Morgan fingerprint density at radius 3 is 2.67 bits per heavy atom. The zero-order valence-corrected chi connectivity index (χ0v) is 17.4. The summed E-state index contributed by atoms with van der Waals surface area (Å²) in [5.74, 6) is -0.921. The minimum atomic E-state index is -1.03. The van der Waals surface area contributed by atoms with Crippen LogP contribution >= 0.6 is 0 Å². The molecule has 166 valence electrons. The molecule has 1 saturated heterocycles. The number of benzene rings is 1. The number of aliphatic hydroxyl groups excluding tert-OH is 1. The van der Waals surface area contributed by atoms with Crippen LogP contribution in [0.2, 0.25) is 0 Å². The summed E-state index contributed by atoms with van der Waals surface area (Å²) >= 11 is 0. The third-order valence-corrected chi connectivity index (χ3v) is 5.09. The maximum Gasteiger partial charge on any atom is 0.417 e. The fourth-order valence-corrected chi connectivity index (χ4v) is 3.31. The summed E-state index contributed by atoms with van der Waals surface area (Å²) in [5, 5.41) is 16.5. The van der Waals surface area contributed by atoms with Crippen LogP contribution in [0.4, 0.5) is 4.79 Å². The van der Waals surface area contributed by atoms with Gasteiger partial charge in [-0.2, -0.15) is 0 Å². The van der Waals surface area contributed by atoms with Gasteiger partial charge in [-0.25, -0.2) is 9.59 Å². The van der Waals surface area contributed by atoms with E-state index in [0.717, 1.165) is 17.7 Å². The first-order chi connectivity index (χ1) is 14.4. The molecule has 0 saturated carbocycles. The molecule has 0 spiro atoms. The summed E-state index contributed by atoms with van der Waals surface area (Å²) < 4.78 is 4.90. The molecule has 0 aliphatic carbocycles. The second-order valence-electron chi connectivity index (χ2n) is 7.51. The maximum absolute atomic E-state index is 12.5. The summed E-state index contributed by atoms with van der Waals surface area (Å²) in [6.07, 6.45) is 1.60. The van der Waals surface area contributed by atoms with Crippen LogP contribution in [0.3, 0.4) is 0 Å². The summed E-state index contributed by atoms with van der Waals surface area (Å²) in [5.41, 5.74) is 6.03. The van der Waals surface area contributed by atoms with Crippen LogP contribution in [-0.2, 0) is 9.53 Å². The lowest BCUT2D eigenvalue weighted by Crippen LogP contribution is -2.49. The molecule has 2 rings (SSSR count). The summed E-state index contributed by atoms with van der Waals surface area (Å²) in [4.78, 5) is 37.8. The summed E-state index contributed by atoms with van der Waals surface area (Å²) in [7, 11) is 1.44. The van der Waals surface area contributed by atoms with E-state index in [4.69, 9.17) is 10.5 Å². The normalized spacial score (nSPS) is 17.8. The number of nitrogens with two attached hydrogens (primary N) is 1. The number of hydrogen-bond donors (Lipinski definition) is 4. The minimum absolute atomic E-state index is 0.0907. The van der Waals surface area contributed by atoms with Gasteiger partial charge in [-0.15, -0.1) is 0 Å². The number of ether oxygens (including phenoxy) is 1. The van der Waals surface area contributed by atoms with Gasteiger partial charge < -0.3 is 31.1 Å². The number of likely N-dealkylation sites (N-methyl/N-ethyl adjacent to an activating group) is 1. The highest BCUT2D eigenvalue weighted by Crippen LogP contribution is 2.11. The van der Waals surface area contributed by atoms with E-state index < -0.39 is 30.3 Å². The molecule has 1 aliphatic rings. The SMILES string of the molecule is CN(CC(O)C(CCCCN)NC(=O)c1ccccc1)C(=O)OC(=O)[C@@H]1CCCN1. The van der Waals surface area contributed by atoms with E-state index in [1.165, 1.54) is 7.05 Å². The number of amides is 2. The van der Waals surface area contributed by atoms with Crippen LogP contribution in [0.1, 0.15) is 42.5 Å². The number of nitrogens with zero attached hydrogens (tertiary/aromatic N) is 1. The Hall–Kier alpha value is -2.49. The second-order valence-corrected chi connectivity index (χ2v) is 7.51. The van der Waals surface area contributed by atoms with Gasteiger partial charge in [0.25, 0.3) is 5.91 Å². The molecule has 9 nitrogen and oxygen atoms in total. The third kappa shape index (κ3) is 7.40. The third-order valence-electron chi connectivity index (χ3n) is 5.09. The standard InChI is InChI=1S/C21H32N4O5/c1-25(21(29)30-20(28)17-11-7-13-23-17)14-18(26)16(10-5-6-12-22)24-19(27)15-8-3-2-4-9-15/h2-4,8-9,16-18,23,26H,5-7,10-14,22H2,1H3,(H,24,27)/t16?,17-,18?/m0/s1. The van der Waals surface area contributed by atoms with E-state index in [9.17, 15) is 19.5 Å². The number of aliphatic hydroxyl groups is 1. The van der Waals surface area contributed by atoms with Crippen molar-refractivity contribution in [1.29, 1.82) is 0 Å². The van der Waals surface area contributed by atoms with E-state index in [2.05, 4.69) is 10.6 Å². The number of carbonyl (C=O) groups is 3. The first-order valence-electron chi connectivity index (χ1n) is 10.4. The van der Waals surface area contributed by atoms with Gasteiger partial charge in [0.2, 0.25) is 0 Å². The van der Waals surface area contributed by atoms with Crippen molar-refractivity contribution in [3.8, 4) is 0 Å². The Bertz CT molecular complexity index is 694. The molecular weight excluding hydrogens is 388 g/mol. The van der Waals surface area contributed by atoms with E-state index in [1.807, 2.05) is 6.07 Å². The topological polar surface area (TPSA) is 134 Å². The molecule has 1 aromatic carbocycles. The largest absolute Gasteiger partial charge is 0.417 e. The van der Waals surface area contributed by atoms with Crippen LogP contribution < -0.4 is 16.4 Å². The van der Waals surface area contributed by atoms with E-state index in [-0.39, 0.29) is 12.5 Å². The van der Waals surface area contributed by atoms with Gasteiger partial charge in [-0.05, 0) is 50.9 Å². The molecule has 3 atom stereocenters. The predicted octanol–water partition coefficient (Wildman–Crippen LogP) is 0.622. The van der Waals surface area contributed by atoms with Crippen molar-refractivity contribution >= 4 is 18.0 Å². The molecule has 1 aliphatic heterocycles. The van der Waals surface area contributed by atoms with Crippen LogP contribution in [0.5, 0.6) is 0 Å². The van der Waals surface area contributed by atoms with Crippen LogP contribution in [0, 0.1) is 0 Å². The number of carbonyl (C=O) groups excluding carboxylic acids is 3. The minimum Gasteiger partial charge on any atom is -0.389 e. The highest BCUT2D eigenvalue weighted by molar-refractivity contribution is 5.94. The van der Waals surface area contributed by atoms with Crippen molar-refractivity contribution in [2.75, 3.05) is 26.7 Å². The van der Waals surface area contributed by atoms with Gasteiger partial charge in [-0.3, -0.25) is 4.79 Å². The number of nitrogens with one attached hydrogen (secondary N) is 2. The number of hydrogen-bond acceptors (Lipinski definition) is 7. The van der Waals surface area contributed by atoms with Crippen molar-refractivity contribution in [1.82, 2.24) is 15.5 Å². The average molecular weight is 421 g/mol. The highest BCUT2D eigenvalue weighted by atomic mass is 16.6. The van der Waals surface area contributed by atoms with Crippen LogP contribution in [0.25, 0.3) is 0 Å². The molecular formula is C21H32N4O5. The second kappa shape index (κ2) is 12.3. The van der Waals surface area contributed by atoms with Gasteiger partial charge in [-0.1, -0.05) is 24.6 Å². The lowest BCUT2D eigenvalue weighted by molar-refractivity contribution is -0.140. The van der Waals surface area contributed by atoms with Gasteiger partial charge >= 0.3 is 12.1 Å². The van der Waals surface area contributed by atoms with Gasteiger partial charge in [0, 0.05) is 12.6 Å². The molecule has 5 N–H and O–H groups in total. The quantitative estimate of drug-likeness (QED) is 0.248. The molecule has 9 heteroatoms. The monoisotopic (exact) mass is 420 g/mol. The average Bonchev–Trinajstić information content (AvgIpc) is 3.28. The Morgan fingerprint density at radius 1 is 1.30 bits per heavy atom. The molecule has 1 aromatic rings. The van der Waals surface area contributed by atoms with Gasteiger partial charge in [0.1, 0.15) is 6.04 Å². The molecule has 30 heavy (non-hydrogen) atoms. The Balaban J connectivity index is 1.92. The molecule has 2 amide bonds.